The maximum atomic E-state index is 11.4. The first-order valence-electron chi connectivity index (χ1n) is 11.0. The predicted octanol–water partition coefficient (Wildman–Crippen LogP) is 5.78. The minimum absolute atomic E-state index is 0.208. The molecule has 4 heteroatoms. The monoisotopic (exact) mass is 440 g/mol. The van der Waals surface area contributed by atoms with Crippen LogP contribution in [-0.4, -0.2) is 22.4 Å². The summed E-state index contributed by atoms with van der Waals surface area (Å²) in [7, 11) is 1.62. The van der Waals surface area contributed by atoms with E-state index in [-0.39, 0.29) is 17.2 Å². The zero-order valence-electron chi connectivity index (χ0n) is 18.7. The van der Waals surface area contributed by atoms with E-state index >= 15 is 0 Å². The van der Waals surface area contributed by atoms with E-state index in [1.807, 2.05) is 48.5 Å². The highest BCUT2D eigenvalue weighted by Crippen LogP contribution is 2.38. The molecule has 0 fully saturated rings. The number of benzene rings is 4. The van der Waals surface area contributed by atoms with Gasteiger partial charge in [0.25, 0.3) is 0 Å². The van der Waals surface area contributed by atoms with Crippen LogP contribution in [0.1, 0.15) is 33.4 Å². The van der Waals surface area contributed by atoms with Crippen molar-refractivity contribution in [1.82, 2.24) is 0 Å². The van der Waals surface area contributed by atoms with Gasteiger partial charge >= 0.3 is 0 Å². The van der Waals surface area contributed by atoms with Crippen LogP contribution >= 0.6 is 0 Å². The van der Waals surface area contributed by atoms with Crippen molar-refractivity contribution in [3.8, 4) is 23.0 Å². The van der Waals surface area contributed by atoms with E-state index in [0.717, 1.165) is 40.7 Å². The summed E-state index contributed by atoms with van der Waals surface area (Å²) in [6, 6.07) is 26.4. The quantitative estimate of drug-likeness (QED) is 0.325. The third-order valence-corrected chi connectivity index (χ3v) is 5.94. The zero-order valence-corrected chi connectivity index (χ0v) is 18.7. The van der Waals surface area contributed by atoms with Gasteiger partial charge in [0.1, 0.15) is 23.0 Å². The average Bonchev–Trinajstić information content (AvgIpc) is 2.84. The lowest BCUT2D eigenvalue weighted by molar-refractivity contribution is 0.398. The summed E-state index contributed by atoms with van der Waals surface area (Å²) in [5, 5.41) is 30.7. The minimum Gasteiger partial charge on any atom is -0.508 e. The first-order chi connectivity index (χ1) is 16.0. The molecule has 0 amide bonds. The molecule has 168 valence electrons. The fraction of sp³-hybridized carbons (Fsp3) is 0.172. The smallest absolute Gasteiger partial charge is 0.126 e. The molecule has 0 bridgehead atoms. The number of rotatable bonds is 8. The molecule has 4 nitrogen and oxygen atoms in total. The lowest BCUT2D eigenvalue weighted by atomic mass is 9.90. The molecular weight excluding hydrogens is 412 g/mol. The van der Waals surface area contributed by atoms with Gasteiger partial charge in [0.15, 0.2) is 0 Å². The van der Waals surface area contributed by atoms with Crippen LogP contribution in [0.25, 0.3) is 0 Å². The van der Waals surface area contributed by atoms with Crippen LogP contribution < -0.4 is 4.74 Å². The SMILES string of the molecule is COc1cc(CCc2ccccc2)c(Cc2ccc(O)cc2)c(O)c1Cc1ccc(O)cc1. The Kier molecular flexibility index (Phi) is 6.84. The van der Waals surface area contributed by atoms with Crippen LogP contribution in [0.3, 0.4) is 0 Å². The number of hydrogen-bond acceptors (Lipinski definition) is 4. The van der Waals surface area contributed by atoms with Crippen molar-refractivity contribution in [3.05, 3.63) is 118 Å². The predicted molar refractivity (Wildman–Crippen MR) is 130 cm³/mol. The molecule has 0 saturated carbocycles. The molecule has 3 N–H and O–H groups in total. The van der Waals surface area contributed by atoms with E-state index in [9.17, 15) is 15.3 Å². The Hall–Kier alpha value is -3.92. The second-order valence-electron chi connectivity index (χ2n) is 8.22. The van der Waals surface area contributed by atoms with E-state index in [2.05, 4.69) is 12.1 Å². The van der Waals surface area contributed by atoms with Gasteiger partial charge in [-0.15, -0.1) is 0 Å². The van der Waals surface area contributed by atoms with Gasteiger partial charge in [-0.25, -0.2) is 0 Å². The summed E-state index contributed by atoms with van der Waals surface area (Å²) in [5.41, 5.74) is 5.83. The second kappa shape index (κ2) is 10.1. The van der Waals surface area contributed by atoms with Crippen LogP contribution in [0.4, 0.5) is 0 Å². The van der Waals surface area contributed by atoms with Crippen molar-refractivity contribution in [2.45, 2.75) is 25.7 Å². The minimum atomic E-state index is 0.208. The molecule has 0 saturated heterocycles. The molecule has 0 aliphatic carbocycles. The number of aromatic hydroxyl groups is 3. The van der Waals surface area contributed by atoms with Gasteiger partial charge in [0.05, 0.1) is 7.11 Å². The van der Waals surface area contributed by atoms with E-state index in [0.29, 0.717) is 18.6 Å². The van der Waals surface area contributed by atoms with Crippen LogP contribution in [-0.2, 0) is 25.7 Å². The van der Waals surface area contributed by atoms with Crippen molar-refractivity contribution in [1.29, 1.82) is 0 Å². The van der Waals surface area contributed by atoms with Gasteiger partial charge in [-0.3, -0.25) is 0 Å². The van der Waals surface area contributed by atoms with Crippen molar-refractivity contribution in [3.63, 3.8) is 0 Å². The van der Waals surface area contributed by atoms with Gasteiger partial charge in [-0.05, 0) is 65.4 Å². The molecule has 4 aromatic rings. The third kappa shape index (κ3) is 5.47. The molecule has 0 spiro atoms. The zero-order chi connectivity index (χ0) is 23.2. The molecule has 0 aromatic heterocycles. The lowest BCUT2D eigenvalue weighted by Crippen LogP contribution is -2.04. The number of ether oxygens (including phenoxy) is 1. The van der Waals surface area contributed by atoms with E-state index in [1.54, 1.807) is 31.4 Å². The van der Waals surface area contributed by atoms with Gasteiger partial charge in [0.2, 0.25) is 0 Å². The van der Waals surface area contributed by atoms with Crippen molar-refractivity contribution in [2.24, 2.45) is 0 Å². The Bertz CT molecular complexity index is 1200. The fourth-order valence-corrected chi connectivity index (χ4v) is 4.12. The highest BCUT2D eigenvalue weighted by Gasteiger charge is 2.19. The summed E-state index contributed by atoms with van der Waals surface area (Å²) < 4.78 is 5.69. The molecule has 0 aliphatic rings. The summed E-state index contributed by atoms with van der Waals surface area (Å²) in [6.45, 7) is 0. The van der Waals surface area contributed by atoms with Crippen LogP contribution in [0.15, 0.2) is 84.9 Å². The summed E-state index contributed by atoms with van der Waals surface area (Å²) in [4.78, 5) is 0. The molecule has 33 heavy (non-hydrogen) atoms. The Morgan fingerprint density at radius 2 is 1.15 bits per heavy atom. The summed E-state index contributed by atoms with van der Waals surface area (Å²) >= 11 is 0. The number of hydrogen-bond donors (Lipinski definition) is 3. The standard InChI is InChI=1S/C29H28O4/c1-33-28-19-23(12-7-20-5-3-2-4-6-20)26(17-21-8-13-24(30)14-9-21)29(32)27(28)18-22-10-15-25(31)16-11-22/h2-6,8-11,13-16,19,30-32H,7,12,17-18H2,1H3. The average molecular weight is 441 g/mol. The first kappa shape index (κ1) is 22.3. The summed E-state index contributed by atoms with van der Waals surface area (Å²) in [5.74, 6) is 1.31. The van der Waals surface area contributed by atoms with E-state index in [4.69, 9.17) is 4.74 Å². The Morgan fingerprint density at radius 1 is 0.606 bits per heavy atom. The molecule has 0 atom stereocenters. The normalized spacial score (nSPS) is 10.8. The number of phenols is 3. The second-order valence-corrected chi connectivity index (χ2v) is 8.22. The molecule has 0 radical (unpaired) electrons. The van der Waals surface area contributed by atoms with Crippen molar-refractivity contribution >= 4 is 0 Å². The maximum absolute atomic E-state index is 11.4. The van der Waals surface area contributed by atoms with Gasteiger partial charge in [-0.1, -0.05) is 54.6 Å². The van der Waals surface area contributed by atoms with Gasteiger partial charge in [-0.2, -0.15) is 0 Å². The third-order valence-electron chi connectivity index (χ3n) is 5.94. The number of methoxy groups -OCH3 is 1. The highest BCUT2D eigenvalue weighted by atomic mass is 16.5. The number of phenolic OH excluding ortho intramolecular Hbond substituents is 3. The summed E-state index contributed by atoms with van der Waals surface area (Å²) in [6.07, 6.45) is 2.64. The maximum Gasteiger partial charge on any atom is 0.126 e. The lowest BCUT2D eigenvalue weighted by Gasteiger charge is -2.19. The van der Waals surface area contributed by atoms with Crippen LogP contribution in [0, 0.1) is 0 Å². The molecule has 0 aliphatic heterocycles. The topological polar surface area (TPSA) is 69.9 Å². The van der Waals surface area contributed by atoms with Crippen LogP contribution in [0.2, 0.25) is 0 Å². The Morgan fingerprint density at radius 3 is 1.70 bits per heavy atom. The van der Waals surface area contributed by atoms with Crippen LogP contribution in [0.5, 0.6) is 23.0 Å². The molecule has 0 heterocycles. The van der Waals surface area contributed by atoms with Gasteiger partial charge in [0, 0.05) is 24.0 Å². The Balaban J connectivity index is 1.73. The van der Waals surface area contributed by atoms with E-state index in [1.165, 1.54) is 5.56 Å². The van der Waals surface area contributed by atoms with E-state index < -0.39 is 0 Å². The number of aryl methyl sites for hydroxylation is 2. The molecule has 4 rings (SSSR count). The first-order valence-corrected chi connectivity index (χ1v) is 11.0. The van der Waals surface area contributed by atoms with Crippen molar-refractivity contribution in [2.75, 3.05) is 7.11 Å². The largest absolute Gasteiger partial charge is 0.508 e. The molecule has 0 unspecified atom stereocenters. The Labute approximate surface area is 194 Å². The van der Waals surface area contributed by atoms with Gasteiger partial charge < -0.3 is 20.1 Å². The molecular formula is C29H28O4. The molecule has 4 aromatic carbocycles. The highest BCUT2D eigenvalue weighted by molar-refractivity contribution is 5.57. The fourth-order valence-electron chi connectivity index (χ4n) is 4.12. The van der Waals surface area contributed by atoms with Crippen molar-refractivity contribution < 1.29 is 20.1 Å².